The van der Waals surface area contributed by atoms with Crippen LogP contribution in [0.4, 0.5) is 0 Å². The summed E-state index contributed by atoms with van der Waals surface area (Å²) in [6, 6.07) is 13.0. The van der Waals surface area contributed by atoms with Gasteiger partial charge in [0.2, 0.25) is 5.91 Å². The number of aromatic nitrogens is 2. The number of fused-ring (bicyclic) bond motifs is 1. The number of carbonyl (C=O) groups is 1. The molecule has 30 heavy (non-hydrogen) atoms. The minimum atomic E-state index is -0.334. The Morgan fingerprint density at radius 3 is 2.40 bits per heavy atom. The Kier molecular flexibility index (Phi) is 6.40. The zero-order valence-corrected chi connectivity index (χ0v) is 18.8. The second kappa shape index (κ2) is 8.82. The van der Waals surface area contributed by atoms with Gasteiger partial charge in [-0.05, 0) is 62.6 Å². The zero-order chi connectivity index (χ0) is 22.0. The fraction of sp³-hybridized carbons (Fsp3) is 0.400. The topological polar surface area (TPSA) is 55.2 Å². The Labute approximate surface area is 178 Å². The lowest BCUT2D eigenvalue weighted by molar-refractivity contribution is -0.136. The molecule has 1 unspecified atom stereocenters. The quantitative estimate of drug-likeness (QED) is 0.582. The van der Waals surface area contributed by atoms with Crippen molar-refractivity contribution in [3.8, 4) is 5.69 Å². The summed E-state index contributed by atoms with van der Waals surface area (Å²) >= 11 is 0. The monoisotopic (exact) mass is 405 g/mol. The van der Waals surface area contributed by atoms with E-state index in [1.807, 2.05) is 75.9 Å². The number of aryl methyl sites for hydroxylation is 2. The molecule has 0 fully saturated rings. The molecular formula is C25H31N3O2. The Morgan fingerprint density at radius 2 is 1.77 bits per heavy atom. The maximum absolute atomic E-state index is 13.6. The molecular weight excluding hydrogens is 374 g/mol. The van der Waals surface area contributed by atoms with E-state index in [1.54, 1.807) is 10.6 Å². The second-order valence-electron chi connectivity index (χ2n) is 8.26. The van der Waals surface area contributed by atoms with Gasteiger partial charge in [0.25, 0.3) is 5.56 Å². The van der Waals surface area contributed by atoms with Gasteiger partial charge in [-0.25, -0.2) is 4.98 Å². The van der Waals surface area contributed by atoms with E-state index < -0.39 is 0 Å². The fourth-order valence-corrected chi connectivity index (χ4v) is 3.75. The Morgan fingerprint density at radius 1 is 1.07 bits per heavy atom. The summed E-state index contributed by atoms with van der Waals surface area (Å²) in [7, 11) is 0. The highest BCUT2D eigenvalue weighted by atomic mass is 16.2. The SMILES string of the molecule is CCCN(C(=O)C(C)C)C(C)c1nc2ccccc2c(=O)n1-c1ccc(C)c(C)c1. The molecule has 5 nitrogen and oxygen atoms in total. The summed E-state index contributed by atoms with van der Waals surface area (Å²) in [4.78, 5) is 33.2. The summed E-state index contributed by atoms with van der Waals surface area (Å²) in [6.45, 7) is 12.5. The van der Waals surface area contributed by atoms with Crippen molar-refractivity contribution in [3.63, 3.8) is 0 Å². The molecule has 1 heterocycles. The molecule has 5 heteroatoms. The smallest absolute Gasteiger partial charge is 0.266 e. The Balaban J connectivity index is 2.30. The van der Waals surface area contributed by atoms with Crippen LogP contribution in [0.25, 0.3) is 16.6 Å². The molecule has 0 N–H and O–H groups in total. The minimum absolute atomic E-state index is 0.0680. The van der Waals surface area contributed by atoms with Gasteiger partial charge in [0.15, 0.2) is 0 Å². The molecule has 3 aromatic rings. The predicted molar refractivity (Wildman–Crippen MR) is 122 cm³/mol. The summed E-state index contributed by atoms with van der Waals surface area (Å²) in [5, 5.41) is 0.573. The molecule has 0 radical (unpaired) electrons. The van der Waals surface area contributed by atoms with E-state index in [0.717, 1.165) is 23.2 Å². The number of benzene rings is 2. The average Bonchev–Trinajstić information content (AvgIpc) is 2.73. The number of amides is 1. The van der Waals surface area contributed by atoms with E-state index in [0.29, 0.717) is 23.3 Å². The normalized spacial score (nSPS) is 12.4. The van der Waals surface area contributed by atoms with Crippen molar-refractivity contribution in [2.45, 2.75) is 54.0 Å². The first kappa shape index (κ1) is 21.8. The van der Waals surface area contributed by atoms with Crippen LogP contribution in [0.15, 0.2) is 47.3 Å². The molecule has 3 rings (SSSR count). The van der Waals surface area contributed by atoms with E-state index >= 15 is 0 Å². The van der Waals surface area contributed by atoms with Crippen molar-refractivity contribution in [2.75, 3.05) is 6.54 Å². The van der Waals surface area contributed by atoms with Crippen LogP contribution in [-0.4, -0.2) is 26.9 Å². The maximum atomic E-state index is 13.6. The summed E-state index contributed by atoms with van der Waals surface area (Å²) < 4.78 is 1.68. The van der Waals surface area contributed by atoms with Crippen molar-refractivity contribution in [1.29, 1.82) is 0 Å². The lowest BCUT2D eigenvalue weighted by Crippen LogP contribution is -2.40. The van der Waals surface area contributed by atoms with E-state index in [-0.39, 0.29) is 23.4 Å². The standard InChI is InChI=1S/C25H31N3O2/c1-7-14-27(24(29)16(2)3)19(6)23-26-22-11-9-8-10-21(22)25(30)28(23)20-13-12-17(4)18(5)15-20/h8-13,15-16,19H,7,14H2,1-6H3. The van der Waals surface area contributed by atoms with Crippen molar-refractivity contribution in [3.05, 3.63) is 69.8 Å². The number of nitrogens with zero attached hydrogens (tertiary/aromatic N) is 3. The molecule has 0 saturated heterocycles. The molecule has 0 aliphatic heterocycles. The van der Waals surface area contributed by atoms with Gasteiger partial charge < -0.3 is 4.90 Å². The van der Waals surface area contributed by atoms with Crippen LogP contribution >= 0.6 is 0 Å². The molecule has 2 aromatic carbocycles. The number of para-hydroxylation sites is 1. The highest BCUT2D eigenvalue weighted by Gasteiger charge is 2.27. The van der Waals surface area contributed by atoms with Gasteiger partial charge in [0.1, 0.15) is 5.82 Å². The molecule has 158 valence electrons. The molecule has 0 aliphatic carbocycles. The van der Waals surface area contributed by atoms with E-state index in [4.69, 9.17) is 4.98 Å². The Hall–Kier alpha value is -2.95. The first-order valence-corrected chi connectivity index (χ1v) is 10.7. The largest absolute Gasteiger partial charge is 0.333 e. The first-order chi connectivity index (χ1) is 14.3. The lowest BCUT2D eigenvalue weighted by atomic mass is 10.1. The van der Waals surface area contributed by atoms with Gasteiger partial charge in [-0.15, -0.1) is 0 Å². The van der Waals surface area contributed by atoms with Gasteiger partial charge in [-0.2, -0.15) is 0 Å². The second-order valence-corrected chi connectivity index (χ2v) is 8.26. The molecule has 1 aromatic heterocycles. The molecule has 0 bridgehead atoms. The van der Waals surface area contributed by atoms with Crippen LogP contribution in [0.2, 0.25) is 0 Å². The van der Waals surface area contributed by atoms with Crippen LogP contribution in [0.3, 0.4) is 0 Å². The predicted octanol–water partition coefficient (Wildman–Crippen LogP) is 4.96. The molecule has 0 saturated carbocycles. The summed E-state index contributed by atoms with van der Waals surface area (Å²) in [5.41, 5.74) is 3.58. The third kappa shape index (κ3) is 4.02. The van der Waals surface area contributed by atoms with Crippen molar-refractivity contribution in [1.82, 2.24) is 14.5 Å². The van der Waals surface area contributed by atoms with Gasteiger partial charge in [0.05, 0.1) is 22.6 Å². The minimum Gasteiger partial charge on any atom is -0.333 e. The van der Waals surface area contributed by atoms with Crippen LogP contribution < -0.4 is 5.56 Å². The molecule has 0 spiro atoms. The van der Waals surface area contributed by atoms with Crippen LogP contribution in [0, 0.1) is 19.8 Å². The van der Waals surface area contributed by atoms with E-state index in [9.17, 15) is 9.59 Å². The summed E-state index contributed by atoms with van der Waals surface area (Å²) in [5.74, 6) is 0.532. The van der Waals surface area contributed by atoms with Crippen LogP contribution in [0.5, 0.6) is 0 Å². The molecule has 1 amide bonds. The lowest BCUT2D eigenvalue weighted by Gasteiger charge is -2.31. The zero-order valence-electron chi connectivity index (χ0n) is 18.8. The van der Waals surface area contributed by atoms with Gasteiger partial charge in [0, 0.05) is 12.5 Å². The molecule has 1 atom stereocenters. The van der Waals surface area contributed by atoms with Crippen LogP contribution in [0.1, 0.15) is 57.1 Å². The first-order valence-electron chi connectivity index (χ1n) is 10.7. The fourth-order valence-electron chi connectivity index (χ4n) is 3.75. The van der Waals surface area contributed by atoms with E-state index in [1.165, 1.54) is 0 Å². The number of hydrogen-bond donors (Lipinski definition) is 0. The summed E-state index contributed by atoms with van der Waals surface area (Å²) in [6.07, 6.45) is 0.838. The average molecular weight is 406 g/mol. The maximum Gasteiger partial charge on any atom is 0.266 e. The van der Waals surface area contributed by atoms with Crippen molar-refractivity contribution >= 4 is 16.8 Å². The number of carbonyl (C=O) groups excluding carboxylic acids is 1. The third-order valence-corrected chi connectivity index (χ3v) is 5.63. The molecule has 0 aliphatic rings. The van der Waals surface area contributed by atoms with Crippen molar-refractivity contribution in [2.24, 2.45) is 5.92 Å². The van der Waals surface area contributed by atoms with Gasteiger partial charge >= 0.3 is 0 Å². The highest BCUT2D eigenvalue weighted by Crippen LogP contribution is 2.25. The van der Waals surface area contributed by atoms with Crippen LogP contribution in [-0.2, 0) is 4.79 Å². The van der Waals surface area contributed by atoms with Crippen molar-refractivity contribution < 1.29 is 4.79 Å². The highest BCUT2D eigenvalue weighted by molar-refractivity contribution is 5.79. The number of rotatable bonds is 6. The number of hydrogen-bond acceptors (Lipinski definition) is 3. The van der Waals surface area contributed by atoms with Gasteiger partial charge in [-0.3, -0.25) is 14.2 Å². The van der Waals surface area contributed by atoms with Gasteiger partial charge in [-0.1, -0.05) is 39.0 Å². The van der Waals surface area contributed by atoms with E-state index in [2.05, 4.69) is 6.92 Å². The third-order valence-electron chi connectivity index (χ3n) is 5.63. The Bertz CT molecular complexity index is 1130.